The van der Waals surface area contributed by atoms with E-state index in [0.717, 1.165) is 16.6 Å². The Hall–Kier alpha value is -3.29. The minimum absolute atomic E-state index is 0.150. The molecule has 4 aromatic rings. The summed E-state index contributed by atoms with van der Waals surface area (Å²) in [5.74, 6) is -0.300. The molecule has 4 rings (SSSR count). The molecule has 0 saturated carbocycles. The number of para-hydroxylation sites is 1. The van der Waals surface area contributed by atoms with E-state index in [1.54, 1.807) is 36.5 Å². The molecule has 0 N–H and O–H groups in total. The molecule has 0 unspecified atom stereocenters. The maximum absolute atomic E-state index is 13.6. The number of pyridine rings is 1. The number of fused-ring (bicyclic) bond motifs is 1. The number of hydrogen-bond acceptors (Lipinski definition) is 3. The normalized spacial score (nSPS) is 11.8. The fourth-order valence-electron chi connectivity index (χ4n) is 3.58. The summed E-state index contributed by atoms with van der Waals surface area (Å²) < 4.78 is 44.0. The van der Waals surface area contributed by atoms with Crippen molar-refractivity contribution in [1.82, 2.24) is 13.9 Å². The molecule has 2 aromatic heterocycles. The van der Waals surface area contributed by atoms with Crippen molar-refractivity contribution in [2.24, 2.45) is 0 Å². The van der Waals surface area contributed by atoms with Crippen LogP contribution in [0.5, 0.6) is 0 Å². The van der Waals surface area contributed by atoms with Crippen LogP contribution in [0.15, 0.2) is 96.7 Å². The van der Waals surface area contributed by atoms with E-state index in [2.05, 4.69) is 11.6 Å². The highest BCUT2D eigenvalue weighted by Crippen LogP contribution is 2.25. The third kappa shape index (κ3) is 4.42. The zero-order valence-electron chi connectivity index (χ0n) is 16.9. The summed E-state index contributed by atoms with van der Waals surface area (Å²) in [6.07, 6.45) is 5.01. The first-order valence-corrected chi connectivity index (χ1v) is 11.3. The lowest BCUT2D eigenvalue weighted by Gasteiger charge is -2.22. The minimum atomic E-state index is -3.84. The molecule has 2 aromatic carbocycles. The highest BCUT2D eigenvalue weighted by molar-refractivity contribution is 7.89. The van der Waals surface area contributed by atoms with Crippen molar-refractivity contribution in [3.8, 4) is 0 Å². The second kappa shape index (κ2) is 8.83. The molecule has 0 radical (unpaired) electrons. The fourth-order valence-corrected chi connectivity index (χ4v) is 5.12. The lowest BCUT2D eigenvalue weighted by atomic mass is 10.2. The van der Waals surface area contributed by atoms with Crippen molar-refractivity contribution in [2.75, 3.05) is 6.54 Å². The topological polar surface area (TPSA) is 55.2 Å². The van der Waals surface area contributed by atoms with Crippen LogP contribution in [0.1, 0.15) is 11.3 Å². The van der Waals surface area contributed by atoms with Crippen molar-refractivity contribution in [3.63, 3.8) is 0 Å². The van der Waals surface area contributed by atoms with Crippen LogP contribution in [0.2, 0.25) is 0 Å². The second-order valence-corrected chi connectivity index (χ2v) is 9.08. The van der Waals surface area contributed by atoms with Crippen LogP contribution in [-0.4, -0.2) is 28.8 Å². The molecule has 0 fully saturated rings. The summed E-state index contributed by atoms with van der Waals surface area (Å²) in [6, 6.07) is 18.8. The summed E-state index contributed by atoms with van der Waals surface area (Å²) in [7, 11) is -3.84. The van der Waals surface area contributed by atoms with Crippen LogP contribution in [0.4, 0.5) is 4.39 Å². The molecule has 0 aliphatic carbocycles. The molecule has 0 saturated heterocycles. The predicted octanol–water partition coefficient (Wildman–Crippen LogP) is 4.60. The molecule has 158 valence electrons. The summed E-state index contributed by atoms with van der Waals surface area (Å²) in [5, 5.41) is 0.761. The molecule has 0 bridgehead atoms. The molecule has 7 heteroatoms. The van der Waals surface area contributed by atoms with Gasteiger partial charge in [0, 0.05) is 36.6 Å². The van der Waals surface area contributed by atoms with Crippen LogP contribution in [0.3, 0.4) is 0 Å². The third-order valence-corrected chi connectivity index (χ3v) is 6.89. The molecule has 0 aliphatic heterocycles. The molecule has 31 heavy (non-hydrogen) atoms. The van der Waals surface area contributed by atoms with E-state index in [1.165, 1.54) is 16.4 Å². The van der Waals surface area contributed by atoms with Crippen molar-refractivity contribution in [2.45, 2.75) is 18.0 Å². The van der Waals surface area contributed by atoms with Crippen molar-refractivity contribution in [1.29, 1.82) is 0 Å². The van der Waals surface area contributed by atoms with Crippen LogP contribution in [0.25, 0.3) is 10.9 Å². The lowest BCUT2D eigenvalue weighted by Crippen LogP contribution is -2.32. The molecular formula is C24H22FN3O2S. The van der Waals surface area contributed by atoms with E-state index in [1.807, 2.05) is 41.1 Å². The van der Waals surface area contributed by atoms with Crippen molar-refractivity contribution < 1.29 is 12.8 Å². The first-order valence-electron chi connectivity index (χ1n) is 9.82. The average molecular weight is 436 g/mol. The Morgan fingerprint density at radius 1 is 1.06 bits per heavy atom. The summed E-state index contributed by atoms with van der Waals surface area (Å²) in [4.78, 5) is 4.46. The SMILES string of the molecule is C=CCN(Cc1cccn1Cc1cccc(F)c1)S(=O)(=O)c1cccc2cccnc12. The van der Waals surface area contributed by atoms with Crippen LogP contribution >= 0.6 is 0 Å². The smallest absolute Gasteiger partial charge is 0.245 e. The van der Waals surface area contributed by atoms with Gasteiger partial charge in [-0.15, -0.1) is 6.58 Å². The summed E-state index contributed by atoms with van der Waals surface area (Å²) in [6.45, 7) is 4.47. The van der Waals surface area contributed by atoms with Crippen LogP contribution in [-0.2, 0) is 23.1 Å². The van der Waals surface area contributed by atoms with Gasteiger partial charge in [-0.1, -0.05) is 36.4 Å². The molecule has 0 atom stereocenters. The number of rotatable bonds is 8. The Morgan fingerprint density at radius 2 is 1.87 bits per heavy atom. The van der Waals surface area contributed by atoms with Gasteiger partial charge in [-0.3, -0.25) is 4.98 Å². The number of halogens is 1. The Morgan fingerprint density at radius 3 is 2.68 bits per heavy atom. The van der Waals surface area contributed by atoms with Gasteiger partial charge in [-0.25, -0.2) is 12.8 Å². The van der Waals surface area contributed by atoms with Crippen LogP contribution in [0, 0.1) is 5.82 Å². The van der Waals surface area contributed by atoms with Gasteiger partial charge in [-0.05, 0) is 42.0 Å². The van der Waals surface area contributed by atoms with E-state index in [-0.39, 0.29) is 23.8 Å². The molecule has 2 heterocycles. The predicted molar refractivity (Wildman–Crippen MR) is 119 cm³/mol. The number of benzene rings is 2. The Kier molecular flexibility index (Phi) is 5.97. The standard InChI is InChI=1S/C24H22FN3O2S/c1-2-14-28(31(29,30)23-12-4-8-20-9-5-13-26-24(20)23)18-22-11-6-15-27(22)17-19-7-3-10-21(25)16-19/h2-13,15-16H,1,14,17-18H2. The molecule has 0 aliphatic rings. The largest absolute Gasteiger partial charge is 0.346 e. The number of sulfonamides is 1. The van der Waals surface area contributed by atoms with Gasteiger partial charge in [0.1, 0.15) is 10.7 Å². The Balaban J connectivity index is 1.67. The van der Waals surface area contributed by atoms with E-state index >= 15 is 0 Å². The minimum Gasteiger partial charge on any atom is -0.346 e. The highest BCUT2D eigenvalue weighted by Gasteiger charge is 2.27. The summed E-state index contributed by atoms with van der Waals surface area (Å²) >= 11 is 0. The maximum atomic E-state index is 13.6. The zero-order valence-corrected chi connectivity index (χ0v) is 17.7. The lowest BCUT2D eigenvalue weighted by molar-refractivity contribution is 0.427. The number of nitrogens with zero attached hydrogens (tertiary/aromatic N) is 3. The average Bonchev–Trinajstić information content (AvgIpc) is 3.19. The monoisotopic (exact) mass is 435 g/mol. The first-order chi connectivity index (χ1) is 15.0. The molecule has 0 spiro atoms. The number of hydrogen-bond donors (Lipinski definition) is 0. The quantitative estimate of drug-likeness (QED) is 0.380. The van der Waals surface area contributed by atoms with E-state index < -0.39 is 10.0 Å². The molecule has 5 nitrogen and oxygen atoms in total. The zero-order chi connectivity index (χ0) is 21.8. The van der Waals surface area contributed by atoms with Gasteiger partial charge < -0.3 is 4.57 Å². The van der Waals surface area contributed by atoms with E-state index in [9.17, 15) is 12.8 Å². The Labute approximate surface area is 181 Å². The van der Waals surface area contributed by atoms with Gasteiger partial charge in [0.25, 0.3) is 0 Å². The van der Waals surface area contributed by atoms with E-state index in [0.29, 0.717) is 12.1 Å². The second-order valence-electron chi connectivity index (χ2n) is 7.17. The van der Waals surface area contributed by atoms with Gasteiger partial charge >= 0.3 is 0 Å². The van der Waals surface area contributed by atoms with Gasteiger partial charge in [0.2, 0.25) is 10.0 Å². The maximum Gasteiger partial charge on any atom is 0.245 e. The highest BCUT2D eigenvalue weighted by atomic mass is 32.2. The third-order valence-electron chi connectivity index (χ3n) is 5.05. The van der Waals surface area contributed by atoms with Gasteiger partial charge in [0.05, 0.1) is 12.1 Å². The number of aromatic nitrogens is 2. The molecular weight excluding hydrogens is 413 g/mol. The fraction of sp³-hybridized carbons (Fsp3) is 0.125. The first kappa shape index (κ1) is 21.0. The Bertz CT molecular complexity index is 1330. The van der Waals surface area contributed by atoms with Crippen molar-refractivity contribution in [3.05, 3.63) is 109 Å². The van der Waals surface area contributed by atoms with E-state index in [4.69, 9.17) is 0 Å². The van der Waals surface area contributed by atoms with Crippen molar-refractivity contribution >= 4 is 20.9 Å². The van der Waals surface area contributed by atoms with Gasteiger partial charge in [0.15, 0.2) is 0 Å². The van der Waals surface area contributed by atoms with Gasteiger partial charge in [-0.2, -0.15) is 4.31 Å². The van der Waals surface area contributed by atoms with Crippen LogP contribution < -0.4 is 0 Å². The molecule has 0 amide bonds. The summed E-state index contributed by atoms with van der Waals surface area (Å²) in [5.41, 5.74) is 2.03.